The summed E-state index contributed by atoms with van der Waals surface area (Å²) < 4.78 is 7.60. The number of aromatic hydroxyl groups is 1. The fourth-order valence-electron chi connectivity index (χ4n) is 2.22. The van der Waals surface area contributed by atoms with Crippen LogP contribution in [0.2, 0.25) is 0 Å². The van der Waals surface area contributed by atoms with Crippen LogP contribution in [0.3, 0.4) is 0 Å². The van der Waals surface area contributed by atoms with Crippen LogP contribution in [0.15, 0.2) is 48.5 Å². The molecule has 25 heavy (non-hydrogen) atoms. The Morgan fingerprint density at radius 1 is 0.920 bits per heavy atom. The molecule has 1 N–H and O–H groups in total. The van der Waals surface area contributed by atoms with Gasteiger partial charge in [-0.15, -0.1) is 0 Å². The maximum Gasteiger partial charge on any atom is 0.118 e. The lowest BCUT2D eigenvalue weighted by atomic mass is 10.2. The maximum atomic E-state index is 9.42. The van der Waals surface area contributed by atoms with Crippen molar-refractivity contribution in [2.45, 2.75) is 46.7 Å². The average Bonchev–Trinajstić information content (AvgIpc) is 2.66. The third kappa shape index (κ3) is 8.32. The van der Waals surface area contributed by atoms with Crippen molar-refractivity contribution in [2.24, 2.45) is 0 Å². The molecule has 4 heteroatoms. The lowest BCUT2D eigenvalue weighted by molar-refractivity contribution is 0.414. The van der Waals surface area contributed by atoms with Crippen molar-refractivity contribution in [2.75, 3.05) is 12.9 Å². The fraction of sp³-hybridized carbons (Fsp3) is 0.429. The molecule has 0 heterocycles. The summed E-state index contributed by atoms with van der Waals surface area (Å²) >= 11 is 1.89. The Balaban J connectivity index is 0.00000151. The van der Waals surface area contributed by atoms with Crippen LogP contribution in [0.25, 0.3) is 0 Å². The monoisotopic (exact) mass is 361 g/mol. The lowest BCUT2D eigenvalue weighted by Gasteiger charge is -2.21. The van der Waals surface area contributed by atoms with Crippen molar-refractivity contribution in [3.8, 4) is 11.5 Å². The molecule has 0 radical (unpaired) electrons. The van der Waals surface area contributed by atoms with Crippen LogP contribution >= 0.6 is 11.9 Å². The maximum absolute atomic E-state index is 9.42. The zero-order chi connectivity index (χ0) is 18.5. The first-order chi connectivity index (χ1) is 12.2. The van der Waals surface area contributed by atoms with Crippen LogP contribution in [-0.4, -0.2) is 22.3 Å². The minimum absolute atomic E-state index is 0.314. The van der Waals surface area contributed by atoms with Gasteiger partial charge in [0, 0.05) is 18.8 Å². The largest absolute Gasteiger partial charge is 0.508 e. The molecule has 138 valence electrons. The van der Waals surface area contributed by atoms with E-state index in [1.165, 1.54) is 24.0 Å². The van der Waals surface area contributed by atoms with Gasteiger partial charge in [-0.2, -0.15) is 0 Å². The Morgan fingerprint density at radius 3 is 1.92 bits per heavy atom. The summed E-state index contributed by atoms with van der Waals surface area (Å²) in [6.45, 7) is 7.97. The van der Waals surface area contributed by atoms with Gasteiger partial charge in [0.1, 0.15) is 11.5 Å². The number of phenolic OH excluding ortho intramolecular Hbond substituents is 1. The van der Waals surface area contributed by atoms with Gasteiger partial charge in [-0.25, -0.2) is 4.31 Å². The third-order valence-corrected chi connectivity index (χ3v) is 4.68. The molecule has 0 aromatic heterocycles. The van der Waals surface area contributed by atoms with Crippen molar-refractivity contribution in [1.82, 2.24) is 4.31 Å². The number of rotatable bonds is 9. The predicted octanol–water partition coefficient (Wildman–Crippen LogP) is 5.88. The van der Waals surface area contributed by atoms with E-state index in [0.717, 1.165) is 24.6 Å². The Hall–Kier alpha value is -1.65. The minimum atomic E-state index is 0.314. The van der Waals surface area contributed by atoms with Gasteiger partial charge >= 0.3 is 0 Å². The molecule has 2 rings (SSSR count). The van der Waals surface area contributed by atoms with E-state index in [2.05, 4.69) is 23.4 Å². The quantitative estimate of drug-likeness (QED) is 0.447. The first-order valence-electron chi connectivity index (χ1n) is 9.00. The van der Waals surface area contributed by atoms with E-state index in [4.69, 9.17) is 4.74 Å². The smallest absolute Gasteiger partial charge is 0.118 e. The van der Waals surface area contributed by atoms with Crippen LogP contribution in [-0.2, 0) is 13.1 Å². The second kappa shape index (κ2) is 12.7. The molecule has 0 saturated heterocycles. The highest BCUT2D eigenvalue weighted by molar-refractivity contribution is 7.96. The summed E-state index contributed by atoms with van der Waals surface area (Å²) in [5.41, 5.74) is 2.48. The van der Waals surface area contributed by atoms with Crippen molar-refractivity contribution in [3.05, 3.63) is 59.7 Å². The van der Waals surface area contributed by atoms with Crippen LogP contribution in [0, 0.1) is 0 Å². The van der Waals surface area contributed by atoms with E-state index in [9.17, 15) is 5.11 Å². The Morgan fingerprint density at radius 2 is 1.44 bits per heavy atom. The van der Waals surface area contributed by atoms with Gasteiger partial charge in [0.25, 0.3) is 0 Å². The normalized spacial score (nSPS) is 10.3. The number of methoxy groups -OCH3 is 1. The van der Waals surface area contributed by atoms with Crippen molar-refractivity contribution >= 4 is 11.9 Å². The second-order valence-corrected chi connectivity index (χ2v) is 6.68. The van der Waals surface area contributed by atoms with E-state index in [0.29, 0.717) is 5.75 Å². The van der Waals surface area contributed by atoms with E-state index < -0.39 is 0 Å². The Bertz CT molecular complexity index is 569. The highest BCUT2D eigenvalue weighted by Gasteiger charge is 2.08. The molecular formula is C21H31NO2S. The SMILES string of the molecule is CC.CCCCSN(Cc1ccc(O)cc1)Cc1ccc(OC)cc1. The highest BCUT2D eigenvalue weighted by Crippen LogP contribution is 2.22. The van der Waals surface area contributed by atoms with E-state index >= 15 is 0 Å². The molecule has 3 nitrogen and oxygen atoms in total. The van der Waals surface area contributed by atoms with Crippen LogP contribution in [0.5, 0.6) is 11.5 Å². The van der Waals surface area contributed by atoms with Crippen molar-refractivity contribution in [3.63, 3.8) is 0 Å². The number of phenols is 1. The van der Waals surface area contributed by atoms with Gasteiger partial charge in [-0.05, 0) is 41.8 Å². The molecule has 0 fully saturated rings. The number of benzene rings is 2. The summed E-state index contributed by atoms with van der Waals surface area (Å²) in [5.74, 6) is 2.33. The molecule has 2 aromatic carbocycles. The molecule has 2 aromatic rings. The molecule has 0 aliphatic heterocycles. The standard InChI is InChI=1S/C19H25NO2S.C2H6/c1-3-4-13-23-20(14-16-5-9-18(21)10-6-16)15-17-7-11-19(22-2)12-8-17;1-2/h5-12,21H,3-4,13-15H2,1-2H3;1-2H3. The molecule has 0 saturated carbocycles. The van der Waals surface area contributed by atoms with Gasteiger partial charge in [0.2, 0.25) is 0 Å². The van der Waals surface area contributed by atoms with Crippen molar-refractivity contribution in [1.29, 1.82) is 0 Å². The van der Waals surface area contributed by atoms with Gasteiger partial charge < -0.3 is 9.84 Å². The first-order valence-corrected chi connectivity index (χ1v) is 9.94. The van der Waals surface area contributed by atoms with E-state index in [-0.39, 0.29) is 0 Å². The summed E-state index contributed by atoms with van der Waals surface area (Å²) in [4.78, 5) is 0. The average molecular weight is 362 g/mol. The van der Waals surface area contributed by atoms with Gasteiger partial charge in [0.15, 0.2) is 0 Å². The third-order valence-electron chi connectivity index (χ3n) is 3.59. The Kier molecular flexibility index (Phi) is 10.8. The number of hydrogen-bond donors (Lipinski definition) is 1. The number of ether oxygens (including phenoxy) is 1. The van der Waals surface area contributed by atoms with Gasteiger partial charge in [0.05, 0.1) is 7.11 Å². The molecule has 0 aliphatic rings. The van der Waals surface area contributed by atoms with Gasteiger partial charge in [-0.3, -0.25) is 0 Å². The van der Waals surface area contributed by atoms with E-state index in [1.807, 2.05) is 50.1 Å². The lowest BCUT2D eigenvalue weighted by Crippen LogP contribution is -2.15. The van der Waals surface area contributed by atoms with Crippen LogP contribution in [0.4, 0.5) is 0 Å². The summed E-state index contributed by atoms with van der Waals surface area (Å²) in [6.07, 6.45) is 2.43. The molecule has 0 spiro atoms. The minimum Gasteiger partial charge on any atom is -0.508 e. The van der Waals surface area contributed by atoms with Crippen molar-refractivity contribution < 1.29 is 9.84 Å². The molecule has 0 unspecified atom stereocenters. The molecule has 0 amide bonds. The zero-order valence-electron chi connectivity index (χ0n) is 15.9. The fourth-order valence-corrected chi connectivity index (χ4v) is 3.38. The first kappa shape index (κ1) is 21.4. The second-order valence-electron chi connectivity index (χ2n) is 5.50. The topological polar surface area (TPSA) is 32.7 Å². The predicted molar refractivity (Wildman–Crippen MR) is 109 cm³/mol. The van der Waals surface area contributed by atoms with E-state index in [1.54, 1.807) is 19.2 Å². The Labute approximate surface area is 157 Å². The van der Waals surface area contributed by atoms with Crippen LogP contribution in [0.1, 0.15) is 44.7 Å². The van der Waals surface area contributed by atoms with Crippen LogP contribution < -0.4 is 4.74 Å². The molecule has 0 bridgehead atoms. The number of nitrogens with zero attached hydrogens (tertiary/aromatic N) is 1. The molecule has 0 atom stereocenters. The number of hydrogen-bond acceptors (Lipinski definition) is 4. The summed E-state index contributed by atoms with van der Waals surface area (Å²) in [6, 6.07) is 15.7. The summed E-state index contributed by atoms with van der Waals surface area (Å²) in [7, 11) is 1.69. The molecular weight excluding hydrogens is 330 g/mol. The molecule has 0 aliphatic carbocycles. The van der Waals surface area contributed by atoms with Gasteiger partial charge in [-0.1, -0.05) is 63.4 Å². The zero-order valence-corrected chi connectivity index (χ0v) is 16.7. The number of unbranched alkanes of at least 4 members (excludes halogenated alkanes) is 1. The summed E-state index contributed by atoms with van der Waals surface area (Å²) in [5, 5.41) is 9.42. The highest BCUT2D eigenvalue weighted by atomic mass is 32.2.